The number of ether oxygens (including phenoxy) is 1. The van der Waals surface area contributed by atoms with Crippen molar-refractivity contribution in [3.05, 3.63) is 70.9 Å². The topological polar surface area (TPSA) is 75.8 Å². The second-order valence-electron chi connectivity index (χ2n) is 5.86. The number of aromatic carboxylic acids is 1. The van der Waals surface area contributed by atoms with Crippen molar-refractivity contribution >= 4 is 11.7 Å². The fourth-order valence-electron chi connectivity index (χ4n) is 2.95. The predicted molar refractivity (Wildman–Crippen MR) is 93.2 cm³/mol. The summed E-state index contributed by atoms with van der Waals surface area (Å²) >= 11 is 0. The minimum absolute atomic E-state index is 0.222. The third-order valence-electron chi connectivity index (χ3n) is 4.26. The Morgan fingerprint density at radius 3 is 2.79 bits per heavy atom. The van der Waals surface area contributed by atoms with Crippen LogP contribution in [0, 0.1) is 0 Å². The van der Waals surface area contributed by atoms with Gasteiger partial charge in [-0.1, -0.05) is 12.1 Å². The highest BCUT2D eigenvalue weighted by Crippen LogP contribution is 2.28. The van der Waals surface area contributed by atoms with E-state index in [1.54, 1.807) is 31.4 Å². The first-order valence-electron chi connectivity index (χ1n) is 7.79. The molecule has 124 valence electrons. The average Bonchev–Trinajstić information content (AvgIpc) is 2.61. The predicted octanol–water partition coefficient (Wildman–Crippen LogP) is 3.15. The van der Waals surface area contributed by atoms with E-state index in [0.29, 0.717) is 5.69 Å². The van der Waals surface area contributed by atoms with Crippen molar-refractivity contribution in [1.29, 1.82) is 0 Å². The number of hydrogen-bond acceptors (Lipinski definition) is 4. The maximum Gasteiger partial charge on any atom is 0.335 e. The summed E-state index contributed by atoms with van der Waals surface area (Å²) in [5.41, 5.74) is 4.67. The number of methoxy groups -OCH3 is 1. The second kappa shape index (κ2) is 6.76. The molecule has 1 aliphatic rings. The Bertz CT molecular complexity index is 799. The highest BCUT2D eigenvalue weighted by molar-refractivity contribution is 5.88. The zero-order chi connectivity index (χ0) is 17.1. The van der Waals surface area contributed by atoms with E-state index in [0.717, 1.165) is 25.0 Å². The van der Waals surface area contributed by atoms with E-state index in [2.05, 4.69) is 12.1 Å². The number of nitrogens with two attached hydrogens (primary N) is 1. The van der Waals surface area contributed by atoms with Crippen LogP contribution in [0.4, 0.5) is 5.69 Å². The molecule has 0 bridgehead atoms. The van der Waals surface area contributed by atoms with Crippen LogP contribution < -0.4 is 15.6 Å². The Labute approximate surface area is 140 Å². The van der Waals surface area contributed by atoms with E-state index in [1.165, 1.54) is 21.7 Å². The lowest BCUT2D eigenvalue weighted by Crippen LogP contribution is -2.26. The Hall–Kier alpha value is -2.79. The number of hydrogen-bond donors (Lipinski definition) is 2. The molecule has 0 atom stereocenters. The highest BCUT2D eigenvalue weighted by atomic mass is 16.5. The van der Waals surface area contributed by atoms with Crippen LogP contribution in [0.5, 0.6) is 5.75 Å². The van der Waals surface area contributed by atoms with Gasteiger partial charge in [0.15, 0.2) is 0 Å². The first-order valence-corrected chi connectivity index (χ1v) is 7.79. The van der Waals surface area contributed by atoms with Crippen LogP contribution in [0.25, 0.3) is 0 Å². The smallest absolute Gasteiger partial charge is 0.335 e. The van der Waals surface area contributed by atoms with Crippen LogP contribution in [0.1, 0.15) is 27.9 Å². The number of carboxylic acids is 1. The average molecular weight is 324 g/mol. The molecule has 0 fully saturated rings. The summed E-state index contributed by atoms with van der Waals surface area (Å²) in [6, 6.07) is 12.8. The van der Waals surface area contributed by atoms with Crippen molar-refractivity contribution in [2.45, 2.75) is 19.3 Å². The molecule has 2 aromatic carbocycles. The molecule has 5 heteroatoms. The standard InChI is InChI=1S/C19H20N2O3/c1-24-18-8-7-14-6-5-13(9-16(14)11-18)12-21(20)17-4-2-3-15(10-17)19(22)23/h2-4,7-8,10-12H,5-6,9,20H2,1H3,(H,22,23)/b13-12-. The molecule has 3 rings (SSSR count). The lowest BCUT2D eigenvalue weighted by Gasteiger charge is -2.22. The SMILES string of the molecule is COc1ccc2c(c1)C/C(=C\N(N)c1cccc(C(=O)O)c1)CC2. The molecule has 0 aromatic heterocycles. The number of nitrogens with zero attached hydrogens (tertiary/aromatic N) is 1. The number of carboxylic acid groups (broad SMARTS) is 1. The summed E-state index contributed by atoms with van der Waals surface area (Å²) in [5, 5.41) is 10.6. The van der Waals surface area contributed by atoms with Gasteiger partial charge in [0, 0.05) is 6.20 Å². The molecule has 0 radical (unpaired) electrons. The zero-order valence-corrected chi connectivity index (χ0v) is 13.5. The number of benzene rings is 2. The first-order chi connectivity index (χ1) is 11.6. The van der Waals surface area contributed by atoms with Crippen LogP contribution >= 0.6 is 0 Å². The molecule has 0 unspecified atom stereocenters. The van der Waals surface area contributed by atoms with Crippen molar-refractivity contribution < 1.29 is 14.6 Å². The number of hydrazine groups is 1. The summed E-state index contributed by atoms with van der Waals surface area (Å²) in [6.45, 7) is 0. The molecule has 24 heavy (non-hydrogen) atoms. The van der Waals surface area contributed by atoms with Crippen molar-refractivity contribution in [2.75, 3.05) is 12.1 Å². The van der Waals surface area contributed by atoms with E-state index in [-0.39, 0.29) is 5.56 Å². The summed E-state index contributed by atoms with van der Waals surface area (Å²) in [6.07, 6.45) is 4.61. The number of fused-ring (bicyclic) bond motifs is 1. The van der Waals surface area contributed by atoms with E-state index in [9.17, 15) is 4.79 Å². The van der Waals surface area contributed by atoms with Gasteiger partial charge in [0.1, 0.15) is 5.75 Å². The van der Waals surface area contributed by atoms with Gasteiger partial charge in [0.2, 0.25) is 0 Å². The van der Waals surface area contributed by atoms with E-state index < -0.39 is 5.97 Å². The second-order valence-corrected chi connectivity index (χ2v) is 5.86. The Kier molecular flexibility index (Phi) is 4.53. The number of anilines is 1. The summed E-state index contributed by atoms with van der Waals surface area (Å²) in [5.74, 6) is 6.00. The quantitative estimate of drug-likeness (QED) is 0.667. The third-order valence-corrected chi connectivity index (χ3v) is 4.26. The van der Waals surface area contributed by atoms with Crippen molar-refractivity contribution in [3.8, 4) is 5.75 Å². The molecule has 0 spiro atoms. The molecule has 0 saturated carbocycles. The first kappa shape index (κ1) is 16.1. The number of rotatable bonds is 4. The number of aryl methyl sites for hydroxylation is 1. The summed E-state index contributed by atoms with van der Waals surface area (Å²) in [4.78, 5) is 11.1. The Balaban J connectivity index is 1.81. The molecule has 0 aliphatic heterocycles. The highest BCUT2D eigenvalue weighted by Gasteiger charge is 2.15. The molecular formula is C19H20N2O3. The maximum atomic E-state index is 11.1. The molecular weight excluding hydrogens is 304 g/mol. The molecule has 2 aromatic rings. The van der Waals surface area contributed by atoms with E-state index in [1.807, 2.05) is 12.3 Å². The van der Waals surface area contributed by atoms with Crippen molar-refractivity contribution in [2.24, 2.45) is 5.84 Å². The molecule has 0 heterocycles. The van der Waals surface area contributed by atoms with Gasteiger partial charge in [-0.15, -0.1) is 0 Å². The van der Waals surface area contributed by atoms with Crippen molar-refractivity contribution in [1.82, 2.24) is 0 Å². The lowest BCUT2D eigenvalue weighted by molar-refractivity contribution is 0.0697. The Morgan fingerprint density at radius 1 is 1.21 bits per heavy atom. The van der Waals surface area contributed by atoms with E-state index in [4.69, 9.17) is 15.7 Å². The van der Waals surface area contributed by atoms with Crippen LogP contribution in [0.15, 0.2) is 54.2 Å². The van der Waals surface area contributed by atoms with Crippen LogP contribution in [0.3, 0.4) is 0 Å². The molecule has 1 aliphatic carbocycles. The fourth-order valence-corrected chi connectivity index (χ4v) is 2.95. The summed E-state index contributed by atoms with van der Waals surface area (Å²) < 4.78 is 5.29. The largest absolute Gasteiger partial charge is 0.497 e. The van der Waals surface area contributed by atoms with E-state index >= 15 is 0 Å². The minimum atomic E-state index is -0.961. The van der Waals surface area contributed by atoms with Gasteiger partial charge < -0.3 is 9.84 Å². The molecule has 5 nitrogen and oxygen atoms in total. The summed E-state index contributed by atoms with van der Waals surface area (Å²) in [7, 11) is 1.67. The van der Waals surface area contributed by atoms with Crippen LogP contribution in [0.2, 0.25) is 0 Å². The molecule has 3 N–H and O–H groups in total. The van der Waals surface area contributed by atoms with Gasteiger partial charge in [-0.3, -0.25) is 5.01 Å². The van der Waals surface area contributed by atoms with Crippen LogP contribution in [-0.2, 0) is 12.8 Å². The van der Waals surface area contributed by atoms with Gasteiger partial charge >= 0.3 is 5.97 Å². The van der Waals surface area contributed by atoms with Gasteiger partial charge in [0.25, 0.3) is 0 Å². The molecule has 0 amide bonds. The normalized spacial score (nSPS) is 15.0. The number of carbonyl (C=O) groups is 1. The van der Waals surface area contributed by atoms with Crippen molar-refractivity contribution in [3.63, 3.8) is 0 Å². The monoisotopic (exact) mass is 324 g/mol. The zero-order valence-electron chi connectivity index (χ0n) is 13.5. The van der Waals surface area contributed by atoms with Crippen LogP contribution in [-0.4, -0.2) is 18.2 Å². The van der Waals surface area contributed by atoms with Gasteiger partial charge in [-0.2, -0.15) is 0 Å². The third kappa shape index (κ3) is 3.41. The Morgan fingerprint density at radius 2 is 2.04 bits per heavy atom. The van der Waals surface area contributed by atoms with Gasteiger partial charge in [-0.25, -0.2) is 10.6 Å². The number of allylic oxidation sites excluding steroid dienone is 1. The maximum absolute atomic E-state index is 11.1. The fraction of sp³-hybridized carbons (Fsp3) is 0.211. The lowest BCUT2D eigenvalue weighted by atomic mass is 9.88. The van der Waals surface area contributed by atoms with Gasteiger partial charge in [0.05, 0.1) is 18.4 Å². The molecule has 0 saturated heterocycles. The van der Waals surface area contributed by atoms with Gasteiger partial charge in [-0.05, 0) is 66.3 Å². The minimum Gasteiger partial charge on any atom is -0.497 e.